The maximum Gasteiger partial charge on any atom is 0.192 e. The predicted molar refractivity (Wildman–Crippen MR) is 53.4 cm³/mol. The van der Waals surface area contributed by atoms with Crippen molar-refractivity contribution in [3.05, 3.63) is 34.1 Å². The highest BCUT2D eigenvalue weighted by atomic mass is 79.9. The van der Waals surface area contributed by atoms with Gasteiger partial charge in [-0.15, -0.1) is 0 Å². The van der Waals surface area contributed by atoms with Gasteiger partial charge < -0.3 is 9.47 Å². The highest BCUT2D eigenvalue weighted by molar-refractivity contribution is 9.10. The fourth-order valence-electron chi connectivity index (χ4n) is 1.46. The van der Waals surface area contributed by atoms with Crippen LogP contribution in [0.1, 0.15) is 12.5 Å². The third-order valence-corrected chi connectivity index (χ3v) is 2.89. The van der Waals surface area contributed by atoms with Gasteiger partial charge >= 0.3 is 0 Å². The van der Waals surface area contributed by atoms with Gasteiger partial charge in [-0.3, -0.25) is 0 Å². The maximum absolute atomic E-state index is 13.0. The van der Waals surface area contributed by atoms with Crippen molar-refractivity contribution in [2.75, 3.05) is 13.2 Å². The van der Waals surface area contributed by atoms with E-state index in [0.29, 0.717) is 17.7 Å². The van der Waals surface area contributed by atoms with E-state index in [1.807, 2.05) is 6.92 Å². The number of ether oxygens (including phenoxy) is 2. The van der Waals surface area contributed by atoms with Gasteiger partial charge in [0.15, 0.2) is 5.79 Å². The molecule has 1 aliphatic heterocycles. The SMILES string of the molecule is CC1(c2ccc(F)c(Br)c2)OCCO1. The summed E-state index contributed by atoms with van der Waals surface area (Å²) < 4.78 is 24.3. The molecule has 0 aliphatic carbocycles. The van der Waals surface area contributed by atoms with Gasteiger partial charge in [0.2, 0.25) is 0 Å². The lowest BCUT2D eigenvalue weighted by molar-refractivity contribution is -0.149. The molecular formula is C10H10BrFO2. The molecule has 1 fully saturated rings. The molecule has 0 aromatic heterocycles. The standard InChI is InChI=1S/C10H10BrFO2/c1-10(13-4-5-14-10)7-2-3-9(12)8(11)6-7/h2-3,6H,4-5H2,1H3. The minimum absolute atomic E-state index is 0.282. The van der Waals surface area contributed by atoms with Crippen molar-refractivity contribution in [2.24, 2.45) is 0 Å². The number of benzene rings is 1. The van der Waals surface area contributed by atoms with Gasteiger partial charge in [0.25, 0.3) is 0 Å². The van der Waals surface area contributed by atoms with Gasteiger partial charge in [-0.25, -0.2) is 4.39 Å². The molecule has 0 unspecified atom stereocenters. The van der Waals surface area contributed by atoms with Gasteiger partial charge in [0.05, 0.1) is 17.7 Å². The van der Waals surface area contributed by atoms with Crippen LogP contribution < -0.4 is 0 Å². The van der Waals surface area contributed by atoms with Gasteiger partial charge in [0, 0.05) is 5.56 Å². The zero-order chi connectivity index (χ0) is 10.2. The van der Waals surface area contributed by atoms with Gasteiger partial charge in [-0.2, -0.15) is 0 Å². The van der Waals surface area contributed by atoms with Crippen molar-refractivity contribution in [3.8, 4) is 0 Å². The molecule has 76 valence electrons. The lowest BCUT2D eigenvalue weighted by atomic mass is 10.1. The summed E-state index contributed by atoms with van der Waals surface area (Å²) in [6.45, 7) is 2.98. The van der Waals surface area contributed by atoms with Crippen LogP contribution in [0.15, 0.2) is 22.7 Å². The van der Waals surface area contributed by atoms with E-state index in [2.05, 4.69) is 15.9 Å². The summed E-state index contributed by atoms with van der Waals surface area (Å²) in [7, 11) is 0. The van der Waals surface area contributed by atoms with Crippen LogP contribution in [0.3, 0.4) is 0 Å². The van der Waals surface area contributed by atoms with Crippen molar-refractivity contribution in [3.63, 3.8) is 0 Å². The van der Waals surface area contributed by atoms with E-state index in [0.717, 1.165) is 5.56 Å². The van der Waals surface area contributed by atoms with E-state index in [1.54, 1.807) is 12.1 Å². The summed E-state index contributed by atoms with van der Waals surface area (Å²) >= 11 is 3.13. The summed E-state index contributed by atoms with van der Waals surface area (Å²) in [6.07, 6.45) is 0. The average Bonchev–Trinajstić information content (AvgIpc) is 2.58. The van der Waals surface area contributed by atoms with Crippen molar-refractivity contribution in [1.29, 1.82) is 0 Å². The third kappa shape index (κ3) is 1.69. The lowest BCUT2D eigenvalue weighted by Crippen LogP contribution is -2.22. The fraction of sp³-hybridized carbons (Fsp3) is 0.400. The van der Waals surface area contributed by atoms with Crippen LogP contribution >= 0.6 is 15.9 Å². The molecule has 0 bridgehead atoms. The van der Waals surface area contributed by atoms with E-state index in [9.17, 15) is 4.39 Å². The molecule has 2 rings (SSSR count). The summed E-state index contributed by atoms with van der Waals surface area (Å²) in [5, 5.41) is 0. The summed E-state index contributed by atoms with van der Waals surface area (Å²) in [5.41, 5.74) is 0.822. The van der Waals surface area contributed by atoms with Crippen LogP contribution in [0.2, 0.25) is 0 Å². The topological polar surface area (TPSA) is 18.5 Å². The minimum atomic E-state index is -0.726. The maximum atomic E-state index is 13.0. The number of hydrogen-bond donors (Lipinski definition) is 0. The van der Waals surface area contributed by atoms with E-state index < -0.39 is 5.79 Å². The highest BCUT2D eigenvalue weighted by Crippen LogP contribution is 2.32. The highest BCUT2D eigenvalue weighted by Gasteiger charge is 2.33. The molecule has 1 heterocycles. The smallest absolute Gasteiger partial charge is 0.192 e. The molecule has 2 nitrogen and oxygen atoms in total. The second kappa shape index (κ2) is 3.61. The predicted octanol–water partition coefficient (Wildman–Crippen LogP) is 2.81. The van der Waals surface area contributed by atoms with Gasteiger partial charge in [-0.1, -0.05) is 6.07 Å². The van der Waals surface area contributed by atoms with Crippen LogP contribution in [0.4, 0.5) is 4.39 Å². The Morgan fingerprint density at radius 1 is 1.36 bits per heavy atom. The molecule has 0 N–H and O–H groups in total. The number of halogens is 2. The zero-order valence-corrected chi connectivity index (χ0v) is 9.30. The first-order chi connectivity index (χ1) is 6.62. The second-order valence-electron chi connectivity index (χ2n) is 3.27. The zero-order valence-electron chi connectivity index (χ0n) is 7.72. The fourth-order valence-corrected chi connectivity index (χ4v) is 1.84. The summed E-state index contributed by atoms with van der Waals surface area (Å²) in [4.78, 5) is 0. The largest absolute Gasteiger partial charge is 0.344 e. The Labute approximate surface area is 90.1 Å². The first-order valence-electron chi connectivity index (χ1n) is 4.35. The molecule has 14 heavy (non-hydrogen) atoms. The van der Waals surface area contributed by atoms with Gasteiger partial charge in [-0.05, 0) is 35.0 Å². The number of hydrogen-bond acceptors (Lipinski definition) is 2. The molecule has 1 aromatic carbocycles. The molecule has 4 heteroatoms. The van der Waals surface area contributed by atoms with Crippen LogP contribution in [0.25, 0.3) is 0 Å². The Morgan fingerprint density at radius 3 is 2.57 bits per heavy atom. The third-order valence-electron chi connectivity index (χ3n) is 2.28. The van der Waals surface area contributed by atoms with E-state index in [1.165, 1.54) is 6.07 Å². The van der Waals surface area contributed by atoms with E-state index in [4.69, 9.17) is 9.47 Å². The molecule has 1 saturated heterocycles. The van der Waals surface area contributed by atoms with E-state index >= 15 is 0 Å². The molecule has 0 radical (unpaired) electrons. The average molecular weight is 261 g/mol. The van der Waals surface area contributed by atoms with Crippen molar-refractivity contribution < 1.29 is 13.9 Å². The van der Waals surface area contributed by atoms with Crippen LogP contribution in [0.5, 0.6) is 0 Å². The molecular weight excluding hydrogens is 251 g/mol. The molecule has 0 amide bonds. The second-order valence-corrected chi connectivity index (χ2v) is 4.13. The van der Waals surface area contributed by atoms with Crippen molar-refractivity contribution in [2.45, 2.75) is 12.7 Å². The van der Waals surface area contributed by atoms with E-state index in [-0.39, 0.29) is 5.82 Å². The molecule has 0 spiro atoms. The Balaban J connectivity index is 2.36. The molecule has 1 aromatic rings. The Kier molecular flexibility index (Phi) is 2.60. The lowest BCUT2D eigenvalue weighted by Gasteiger charge is -2.22. The summed E-state index contributed by atoms with van der Waals surface area (Å²) in [5.74, 6) is -1.01. The molecule has 0 atom stereocenters. The first kappa shape index (κ1) is 10.1. The first-order valence-corrected chi connectivity index (χ1v) is 5.14. The van der Waals surface area contributed by atoms with Crippen LogP contribution in [-0.4, -0.2) is 13.2 Å². The monoisotopic (exact) mass is 260 g/mol. The minimum Gasteiger partial charge on any atom is -0.344 e. The molecule has 0 saturated carbocycles. The van der Waals surface area contributed by atoms with Crippen LogP contribution in [0, 0.1) is 5.82 Å². The van der Waals surface area contributed by atoms with Gasteiger partial charge in [0.1, 0.15) is 5.82 Å². The molecule has 1 aliphatic rings. The number of rotatable bonds is 1. The Bertz CT molecular complexity index is 348. The van der Waals surface area contributed by atoms with Crippen molar-refractivity contribution in [1.82, 2.24) is 0 Å². The Hall–Kier alpha value is -0.450. The normalized spacial score (nSPS) is 19.9. The van der Waals surface area contributed by atoms with Crippen molar-refractivity contribution >= 4 is 15.9 Å². The Morgan fingerprint density at radius 2 is 2.00 bits per heavy atom. The van der Waals surface area contributed by atoms with Crippen LogP contribution in [-0.2, 0) is 15.3 Å². The summed E-state index contributed by atoms with van der Waals surface area (Å²) in [6, 6.07) is 4.75. The quantitative estimate of drug-likeness (QED) is 0.773.